The molecular weight excluding hydrogens is 216 g/mol. The van der Waals surface area contributed by atoms with E-state index in [1.54, 1.807) is 12.2 Å². The van der Waals surface area contributed by atoms with Gasteiger partial charge < -0.3 is 9.84 Å². The predicted molar refractivity (Wildman–Crippen MR) is 67.9 cm³/mol. The van der Waals surface area contributed by atoms with Crippen LogP contribution in [0.4, 0.5) is 0 Å². The van der Waals surface area contributed by atoms with Crippen molar-refractivity contribution >= 4 is 5.97 Å². The third-order valence-electron chi connectivity index (χ3n) is 3.11. The number of rotatable bonds is 7. The lowest BCUT2D eigenvalue weighted by atomic mass is 9.97. The Labute approximate surface area is 103 Å². The topological polar surface area (TPSA) is 49.8 Å². The Morgan fingerprint density at radius 1 is 1.47 bits per heavy atom. The van der Waals surface area contributed by atoms with Crippen LogP contribution in [0.1, 0.15) is 40.0 Å². The quantitative estimate of drug-likeness (QED) is 0.421. The summed E-state index contributed by atoms with van der Waals surface area (Å²) in [7, 11) is 0. The highest BCUT2D eigenvalue weighted by molar-refractivity contribution is 5.80. The maximum atomic E-state index is 10.2. The summed E-state index contributed by atoms with van der Waals surface area (Å²) in [5.74, 6) is -0.291. The molecule has 0 spiro atoms. The van der Waals surface area contributed by atoms with Gasteiger partial charge in [-0.3, -0.25) is 0 Å². The van der Waals surface area contributed by atoms with Crippen molar-refractivity contribution in [2.45, 2.75) is 51.7 Å². The van der Waals surface area contributed by atoms with Gasteiger partial charge in [-0.2, -0.15) is 0 Å². The van der Waals surface area contributed by atoms with Crippen LogP contribution < -0.4 is 0 Å². The zero-order chi connectivity index (χ0) is 12.9. The molecular formula is C14H22O3. The monoisotopic (exact) mass is 238 g/mol. The van der Waals surface area contributed by atoms with Gasteiger partial charge in [-0.1, -0.05) is 25.2 Å². The Morgan fingerprint density at radius 3 is 2.65 bits per heavy atom. The first kappa shape index (κ1) is 14.0. The van der Waals surface area contributed by atoms with Crippen molar-refractivity contribution in [3.8, 4) is 0 Å². The minimum absolute atomic E-state index is 0.0970. The molecule has 0 aliphatic carbocycles. The number of epoxide rings is 1. The van der Waals surface area contributed by atoms with Crippen LogP contribution in [0.15, 0.2) is 24.3 Å². The Hall–Kier alpha value is -1.09. The van der Waals surface area contributed by atoms with Gasteiger partial charge >= 0.3 is 5.97 Å². The molecule has 2 atom stereocenters. The number of hydrogen-bond acceptors (Lipinski definition) is 2. The first-order valence-corrected chi connectivity index (χ1v) is 6.16. The number of ether oxygens (including phenoxy) is 1. The summed E-state index contributed by atoms with van der Waals surface area (Å²) in [6.07, 6.45) is 10.2. The van der Waals surface area contributed by atoms with Gasteiger partial charge in [-0.25, -0.2) is 4.79 Å². The van der Waals surface area contributed by atoms with Gasteiger partial charge in [0.15, 0.2) is 0 Å². The average molecular weight is 238 g/mol. The van der Waals surface area contributed by atoms with Crippen LogP contribution in [0.2, 0.25) is 0 Å². The van der Waals surface area contributed by atoms with Gasteiger partial charge in [-0.15, -0.1) is 0 Å². The first-order valence-electron chi connectivity index (χ1n) is 6.16. The van der Waals surface area contributed by atoms with E-state index < -0.39 is 5.97 Å². The largest absolute Gasteiger partial charge is 0.478 e. The normalized spacial score (nSPS) is 24.3. The molecule has 1 saturated heterocycles. The van der Waals surface area contributed by atoms with Crippen LogP contribution >= 0.6 is 0 Å². The molecule has 3 nitrogen and oxygen atoms in total. The van der Waals surface area contributed by atoms with Crippen LogP contribution in [0.5, 0.6) is 0 Å². The Balaban J connectivity index is 2.09. The summed E-state index contributed by atoms with van der Waals surface area (Å²) in [6.45, 7) is 6.46. The second kappa shape index (κ2) is 6.01. The molecule has 3 heteroatoms. The number of aliphatic carboxylic acids is 1. The summed E-state index contributed by atoms with van der Waals surface area (Å²) < 4.78 is 5.53. The van der Waals surface area contributed by atoms with E-state index in [0.717, 1.165) is 25.3 Å². The number of carboxylic acid groups (broad SMARTS) is 1. The second-order valence-corrected chi connectivity index (χ2v) is 5.25. The SMILES string of the molecule is CC(C/C=C/C=C/C(=O)O)CCC1OC1(C)C. The van der Waals surface area contributed by atoms with E-state index in [2.05, 4.69) is 20.8 Å². The molecule has 0 aromatic heterocycles. The number of carboxylic acids is 1. The number of allylic oxidation sites excluding steroid dienone is 3. The second-order valence-electron chi connectivity index (χ2n) is 5.25. The molecule has 1 N–H and O–H groups in total. The third-order valence-corrected chi connectivity index (χ3v) is 3.11. The van der Waals surface area contributed by atoms with E-state index in [-0.39, 0.29) is 5.60 Å². The maximum Gasteiger partial charge on any atom is 0.328 e. The van der Waals surface area contributed by atoms with Gasteiger partial charge in [0.05, 0.1) is 11.7 Å². The lowest BCUT2D eigenvalue weighted by Crippen LogP contribution is -2.04. The zero-order valence-corrected chi connectivity index (χ0v) is 10.8. The Bertz CT molecular complexity index is 315. The molecule has 17 heavy (non-hydrogen) atoms. The van der Waals surface area contributed by atoms with Crippen molar-refractivity contribution in [1.82, 2.24) is 0 Å². The van der Waals surface area contributed by atoms with Crippen molar-refractivity contribution in [2.24, 2.45) is 5.92 Å². The average Bonchev–Trinajstić information content (AvgIpc) is 2.82. The molecule has 1 aliphatic rings. The summed E-state index contributed by atoms with van der Waals surface area (Å²) in [5, 5.41) is 8.39. The number of hydrogen-bond donors (Lipinski definition) is 1. The first-order chi connectivity index (χ1) is 7.92. The fourth-order valence-electron chi connectivity index (χ4n) is 1.82. The minimum atomic E-state index is -0.907. The molecule has 96 valence electrons. The molecule has 2 unspecified atom stereocenters. The van der Waals surface area contributed by atoms with Gasteiger partial charge in [-0.05, 0) is 39.0 Å². The van der Waals surface area contributed by atoms with Crippen LogP contribution in [-0.2, 0) is 9.53 Å². The minimum Gasteiger partial charge on any atom is -0.478 e. The van der Waals surface area contributed by atoms with E-state index >= 15 is 0 Å². The molecule has 1 fully saturated rings. The van der Waals surface area contributed by atoms with Gasteiger partial charge in [0.25, 0.3) is 0 Å². The standard InChI is InChI=1S/C14H22O3/c1-11(7-5-4-6-8-13(15)16)9-10-12-14(2,3)17-12/h4-6,8,11-12H,7,9-10H2,1-3H3,(H,15,16)/b5-4+,8-6+. The molecule has 0 radical (unpaired) electrons. The summed E-state index contributed by atoms with van der Waals surface area (Å²) >= 11 is 0. The van der Waals surface area contributed by atoms with Gasteiger partial charge in [0.1, 0.15) is 0 Å². The van der Waals surface area contributed by atoms with E-state index in [1.165, 1.54) is 0 Å². The molecule has 0 bridgehead atoms. The van der Waals surface area contributed by atoms with Crippen molar-refractivity contribution in [2.75, 3.05) is 0 Å². The fourth-order valence-corrected chi connectivity index (χ4v) is 1.82. The fraction of sp³-hybridized carbons (Fsp3) is 0.643. The molecule has 0 aromatic rings. The molecule has 0 amide bonds. The lowest BCUT2D eigenvalue weighted by molar-refractivity contribution is -0.131. The van der Waals surface area contributed by atoms with Crippen molar-refractivity contribution in [3.05, 3.63) is 24.3 Å². The van der Waals surface area contributed by atoms with Crippen molar-refractivity contribution in [1.29, 1.82) is 0 Å². The lowest BCUT2D eigenvalue weighted by Gasteiger charge is -2.06. The smallest absolute Gasteiger partial charge is 0.328 e. The van der Waals surface area contributed by atoms with E-state index in [9.17, 15) is 4.79 Å². The highest BCUT2D eigenvalue weighted by atomic mass is 16.6. The Morgan fingerprint density at radius 2 is 2.12 bits per heavy atom. The van der Waals surface area contributed by atoms with Crippen LogP contribution in [0, 0.1) is 5.92 Å². The van der Waals surface area contributed by atoms with E-state index in [1.807, 2.05) is 6.08 Å². The van der Waals surface area contributed by atoms with Crippen molar-refractivity contribution in [3.63, 3.8) is 0 Å². The molecule has 0 aromatic carbocycles. The maximum absolute atomic E-state index is 10.2. The summed E-state index contributed by atoms with van der Waals surface area (Å²) in [5.41, 5.74) is 0.0970. The van der Waals surface area contributed by atoms with E-state index in [4.69, 9.17) is 9.84 Å². The summed E-state index contributed by atoms with van der Waals surface area (Å²) in [4.78, 5) is 10.2. The molecule has 1 rings (SSSR count). The predicted octanol–water partition coefficient (Wildman–Crippen LogP) is 3.17. The van der Waals surface area contributed by atoms with Crippen molar-refractivity contribution < 1.29 is 14.6 Å². The molecule has 1 heterocycles. The molecule has 1 aliphatic heterocycles. The third kappa shape index (κ3) is 5.68. The van der Waals surface area contributed by atoms with Crippen LogP contribution in [-0.4, -0.2) is 22.8 Å². The van der Waals surface area contributed by atoms with Gasteiger partial charge in [0.2, 0.25) is 0 Å². The van der Waals surface area contributed by atoms with Crippen LogP contribution in [0.3, 0.4) is 0 Å². The number of carbonyl (C=O) groups is 1. The Kier molecular flexibility index (Phi) is 4.94. The van der Waals surface area contributed by atoms with Gasteiger partial charge in [0, 0.05) is 6.08 Å². The zero-order valence-electron chi connectivity index (χ0n) is 10.8. The van der Waals surface area contributed by atoms with E-state index in [0.29, 0.717) is 12.0 Å². The van der Waals surface area contributed by atoms with Crippen LogP contribution in [0.25, 0.3) is 0 Å². The summed E-state index contributed by atoms with van der Waals surface area (Å²) in [6, 6.07) is 0. The molecule has 0 saturated carbocycles. The highest BCUT2D eigenvalue weighted by Crippen LogP contribution is 2.39. The highest BCUT2D eigenvalue weighted by Gasteiger charge is 2.46.